The van der Waals surface area contributed by atoms with Gasteiger partial charge < -0.3 is 23.9 Å². The number of carboxylic acid groups (broad SMARTS) is 1. The van der Waals surface area contributed by atoms with Crippen molar-refractivity contribution in [1.29, 1.82) is 0 Å². The quantitative estimate of drug-likeness (QED) is 0.201. The standard InChI is InChI=1S/C33H47NO7/c1-32(2,3)29-18-22-17-28(40-16-14-12-10-8-9-11-13-15-30(36)41-33(4,5)6)27(39-7)19-23(22)25-20-26(35)24(31(37)38)21-34(25)29/h17,19-21,29H,8-16,18H2,1-7H3,(H,37,38)/t29-/m1/s1. The molecule has 8 heteroatoms. The molecule has 2 heterocycles. The van der Waals surface area contributed by atoms with E-state index in [0.29, 0.717) is 36.6 Å². The number of carbonyl (C=O) groups is 2. The first-order valence-corrected chi connectivity index (χ1v) is 14.8. The molecular formula is C33H47NO7. The molecule has 41 heavy (non-hydrogen) atoms. The van der Waals surface area contributed by atoms with E-state index in [1.807, 2.05) is 37.5 Å². The van der Waals surface area contributed by atoms with E-state index in [1.165, 1.54) is 12.3 Å². The summed E-state index contributed by atoms with van der Waals surface area (Å²) < 4.78 is 19.1. The van der Waals surface area contributed by atoms with Gasteiger partial charge in [0.1, 0.15) is 11.2 Å². The summed E-state index contributed by atoms with van der Waals surface area (Å²) in [5.41, 5.74) is 1.28. The Kier molecular flexibility index (Phi) is 10.7. The summed E-state index contributed by atoms with van der Waals surface area (Å²) in [5.74, 6) is -0.0711. The maximum atomic E-state index is 12.6. The summed E-state index contributed by atoms with van der Waals surface area (Å²) in [4.78, 5) is 36.1. The average Bonchev–Trinajstić information content (AvgIpc) is 2.86. The number of rotatable bonds is 13. The Labute approximate surface area is 244 Å². The van der Waals surface area contributed by atoms with E-state index >= 15 is 0 Å². The zero-order chi connectivity index (χ0) is 30.4. The molecule has 1 atom stereocenters. The third-order valence-corrected chi connectivity index (χ3v) is 7.43. The van der Waals surface area contributed by atoms with Crippen LogP contribution >= 0.6 is 0 Å². The topological polar surface area (TPSA) is 104 Å². The van der Waals surface area contributed by atoms with Crippen molar-refractivity contribution in [2.24, 2.45) is 5.41 Å². The molecule has 1 aliphatic heterocycles. The fourth-order valence-electron chi connectivity index (χ4n) is 5.33. The van der Waals surface area contributed by atoms with E-state index in [2.05, 4.69) is 20.8 Å². The van der Waals surface area contributed by atoms with Crippen molar-refractivity contribution >= 4 is 11.9 Å². The lowest BCUT2D eigenvalue weighted by Crippen LogP contribution is -2.32. The van der Waals surface area contributed by atoms with Gasteiger partial charge in [-0.1, -0.05) is 52.9 Å². The van der Waals surface area contributed by atoms with Crippen LogP contribution in [-0.4, -0.2) is 40.9 Å². The molecule has 0 saturated carbocycles. The van der Waals surface area contributed by atoms with Crippen molar-refractivity contribution in [3.05, 3.63) is 45.7 Å². The molecule has 1 aromatic carbocycles. The van der Waals surface area contributed by atoms with Crippen LogP contribution in [0.4, 0.5) is 0 Å². The molecule has 0 saturated heterocycles. The minimum atomic E-state index is -1.22. The molecule has 1 aromatic heterocycles. The van der Waals surface area contributed by atoms with E-state index in [9.17, 15) is 19.5 Å². The van der Waals surface area contributed by atoms with E-state index in [-0.39, 0.29) is 23.0 Å². The molecular weight excluding hydrogens is 522 g/mol. The van der Waals surface area contributed by atoms with Gasteiger partial charge in [-0.15, -0.1) is 0 Å². The molecule has 8 nitrogen and oxygen atoms in total. The number of nitrogens with zero attached hydrogens (tertiary/aromatic N) is 1. The van der Waals surface area contributed by atoms with Crippen molar-refractivity contribution in [3.8, 4) is 22.8 Å². The Balaban J connectivity index is 1.57. The molecule has 0 spiro atoms. The van der Waals surface area contributed by atoms with Gasteiger partial charge in [0.05, 0.1) is 19.4 Å². The second kappa shape index (κ2) is 13.6. The van der Waals surface area contributed by atoms with Crippen LogP contribution in [0, 0.1) is 5.41 Å². The highest BCUT2D eigenvalue weighted by atomic mass is 16.6. The summed E-state index contributed by atoms with van der Waals surface area (Å²) in [5, 5.41) is 9.54. The van der Waals surface area contributed by atoms with Crippen molar-refractivity contribution < 1.29 is 28.9 Å². The van der Waals surface area contributed by atoms with Gasteiger partial charge in [-0.2, -0.15) is 0 Å². The van der Waals surface area contributed by atoms with Gasteiger partial charge in [0.25, 0.3) is 0 Å². The number of benzene rings is 1. The number of fused-ring (bicyclic) bond motifs is 3. The molecule has 0 fully saturated rings. The zero-order valence-corrected chi connectivity index (χ0v) is 25.8. The number of aromatic carboxylic acids is 1. The smallest absolute Gasteiger partial charge is 0.341 e. The van der Waals surface area contributed by atoms with Crippen molar-refractivity contribution in [2.75, 3.05) is 13.7 Å². The molecule has 0 bridgehead atoms. The Bertz CT molecular complexity index is 1280. The summed E-state index contributed by atoms with van der Waals surface area (Å²) in [6.45, 7) is 12.6. The molecule has 2 aromatic rings. The van der Waals surface area contributed by atoms with Gasteiger partial charge in [-0.25, -0.2) is 4.79 Å². The maximum Gasteiger partial charge on any atom is 0.341 e. The minimum absolute atomic E-state index is 0.0333. The third-order valence-electron chi connectivity index (χ3n) is 7.43. The average molecular weight is 570 g/mol. The number of esters is 1. The number of hydrogen-bond donors (Lipinski definition) is 1. The molecule has 0 unspecified atom stereocenters. The number of hydrogen-bond acceptors (Lipinski definition) is 6. The zero-order valence-electron chi connectivity index (χ0n) is 25.8. The predicted molar refractivity (Wildman–Crippen MR) is 160 cm³/mol. The van der Waals surface area contributed by atoms with Gasteiger partial charge in [-0.05, 0) is 63.1 Å². The molecule has 0 amide bonds. The lowest BCUT2D eigenvalue weighted by molar-refractivity contribution is -0.154. The van der Waals surface area contributed by atoms with Crippen LogP contribution in [0.2, 0.25) is 0 Å². The Morgan fingerprint density at radius 2 is 1.56 bits per heavy atom. The lowest BCUT2D eigenvalue weighted by atomic mass is 9.78. The van der Waals surface area contributed by atoms with Crippen LogP contribution in [0.25, 0.3) is 11.3 Å². The third kappa shape index (κ3) is 8.85. The number of carbonyl (C=O) groups excluding carboxylic acids is 1. The van der Waals surface area contributed by atoms with Crippen LogP contribution in [0.15, 0.2) is 29.2 Å². The van der Waals surface area contributed by atoms with Crippen molar-refractivity contribution in [3.63, 3.8) is 0 Å². The van der Waals surface area contributed by atoms with Crippen LogP contribution in [0.5, 0.6) is 11.5 Å². The van der Waals surface area contributed by atoms with Gasteiger partial charge in [0.15, 0.2) is 16.9 Å². The van der Waals surface area contributed by atoms with Crippen LogP contribution in [0.3, 0.4) is 0 Å². The number of unbranched alkanes of at least 4 members (excludes halogenated alkanes) is 6. The first-order chi connectivity index (χ1) is 19.2. The fourth-order valence-corrected chi connectivity index (χ4v) is 5.33. The molecule has 226 valence electrons. The monoisotopic (exact) mass is 569 g/mol. The minimum Gasteiger partial charge on any atom is -0.493 e. The second-order valence-corrected chi connectivity index (χ2v) is 13.1. The summed E-state index contributed by atoms with van der Waals surface area (Å²) >= 11 is 0. The highest BCUT2D eigenvalue weighted by Crippen LogP contribution is 2.45. The molecule has 3 rings (SSSR count). The van der Waals surface area contributed by atoms with E-state index in [0.717, 1.165) is 56.1 Å². The largest absolute Gasteiger partial charge is 0.493 e. The number of methoxy groups -OCH3 is 1. The molecule has 0 radical (unpaired) electrons. The summed E-state index contributed by atoms with van der Waals surface area (Å²) in [6, 6.07) is 5.30. The van der Waals surface area contributed by atoms with Crippen molar-refractivity contribution in [2.45, 2.75) is 111 Å². The Hall–Kier alpha value is -3.29. The summed E-state index contributed by atoms with van der Waals surface area (Å²) in [7, 11) is 1.60. The summed E-state index contributed by atoms with van der Waals surface area (Å²) in [6.07, 6.45) is 9.90. The number of ether oxygens (including phenoxy) is 3. The number of aromatic nitrogens is 1. The highest BCUT2D eigenvalue weighted by Gasteiger charge is 2.34. The fraction of sp³-hybridized carbons (Fsp3) is 0.606. The van der Waals surface area contributed by atoms with E-state index < -0.39 is 17.0 Å². The van der Waals surface area contributed by atoms with Crippen LogP contribution in [-0.2, 0) is 16.0 Å². The van der Waals surface area contributed by atoms with Crippen LogP contribution in [0.1, 0.15) is 115 Å². The molecule has 1 N–H and O–H groups in total. The van der Waals surface area contributed by atoms with Gasteiger partial charge in [0.2, 0.25) is 0 Å². The molecule has 0 aliphatic carbocycles. The Morgan fingerprint density at radius 3 is 2.15 bits per heavy atom. The normalized spacial score (nSPS) is 14.7. The molecule has 1 aliphatic rings. The first kappa shape index (κ1) is 32.2. The number of pyridine rings is 1. The van der Waals surface area contributed by atoms with Crippen LogP contribution < -0.4 is 14.9 Å². The highest BCUT2D eigenvalue weighted by molar-refractivity contribution is 5.88. The van der Waals surface area contributed by atoms with E-state index in [4.69, 9.17) is 14.2 Å². The Morgan fingerprint density at radius 1 is 0.927 bits per heavy atom. The van der Waals surface area contributed by atoms with E-state index in [1.54, 1.807) is 7.11 Å². The van der Waals surface area contributed by atoms with Gasteiger partial charge in [0, 0.05) is 30.3 Å². The lowest BCUT2D eigenvalue weighted by Gasteiger charge is -2.39. The predicted octanol–water partition coefficient (Wildman–Crippen LogP) is 7.21. The SMILES string of the molecule is COc1cc2c(cc1OCCCCCCCCCC(=O)OC(C)(C)C)C[C@H](C(C)(C)C)n1cc(C(=O)O)c(=O)cc1-2. The first-order valence-electron chi connectivity index (χ1n) is 14.8. The van der Waals surface area contributed by atoms with Gasteiger partial charge in [-0.3, -0.25) is 9.59 Å². The second-order valence-electron chi connectivity index (χ2n) is 13.1. The maximum absolute atomic E-state index is 12.6. The van der Waals surface area contributed by atoms with Gasteiger partial charge >= 0.3 is 11.9 Å². The van der Waals surface area contributed by atoms with Crippen molar-refractivity contribution in [1.82, 2.24) is 4.57 Å². The number of carboxylic acids is 1.